The van der Waals surface area contributed by atoms with Gasteiger partial charge in [-0.15, -0.1) is 0 Å². The zero-order chi connectivity index (χ0) is 13.9. The summed E-state index contributed by atoms with van der Waals surface area (Å²) in [5.74, 6) is 0.952. The van der Waals surface area contributed by atoms with E-state index in [1.165, 1.54) is 0 Å². The zero-order valence-corrected chi connectivity index (χ0v) is 11.5. The number of pyridine rings is 1. The Balaban J connectivity index is 2.13. The van der Waals surface area contributed by atoms with E-state index in [9.17, 15) is 0 Å². The number of nitrogens with one attached hydrogen (secondary N) is 1. The van der Waals surface area contributed by atoms with Crippen LogP contribution in [0.25, 0.3) is 16.9 Å². The van der Waals surface area contributed by atoms with Gasteiger partial charge in [-0.2, -0.15) is 0 Å². The second-order valence-corrected chi connectivity index (χ2v) is 4.74. The van der Waals surface area contributed by atoms with Gasteiger partial charge >= 0.3 is 0 Å². The Morgan fingerprint density at radius 2 is 1.95 bits per heavy atom. The minimum absolute atomic E-state index is 0.766. The number of aromatic nitrogens is 2. The molecule has 3 rings (SSSR count). The van der Waals surface area contributed by atoms with E-state index in [2.05, 4.69) is 22.7 Å². The van der Waals surface area contributed by atoms with Crippen molar-refractivity contribution in [1.29, 1.82) is 0 Å². The lowest BCUT2D eigenvalue weighted by Crippen LogP contribution is -2.12. The van der Waals surface area contributed by atoms with Gasteiger partial charge < -0.3 is 11.1 Å². The Morgan fingerprint density at radius 3 is 2.70 bits per heavy atom. The maximum atomic E-state index is 5.75. The van der Waals surface area contributed by atoms with Crippen LogP contribution < -0.4 is 11.1 Å². The van der Waals surface area contributed by atoms with Crippen molar-refractivity contribution in [1.82, 2.24) is 14.7 Å². The van der Waals surface area contributed by atoms with Crippen molar-refractivity contribution >= 4 is 11.2 Å². The summed E-state index contributed by atoms with van der Waals surface area (Å²) in [6.45, 7) is 3.81. The lowest BCUT2D eigenvalue weighted by Gasteiger charge is -2.01. The third-order valence-corrected chi connectivity index (χ3v) is 3.34. The van der Waals surface area contributed by atoms with Crippen LogP contribution in [0.1, 0.15) is 12.6 Å². The lowest BCUT2D eigenvalue weighted by molar-refractivity contribution is 0.718. The Morgan fingerprint density at radius 1 is 1.15 bits per heavy atom. The molecule has 0 amide bonds. The van der Waals surface area contributed by atoms with E-state index in [1.807, 2.05) is 42.6 Å². The lowest BCUT2D eigenvalue weighted by atomic mass is 10.2. The first-order valence-electron chi connectivity index (χ1n) is 6.82. The van der Waals surface area contributed by atoms with Crippen LogP contribution in [0.3, 0.4) is 0 Å². The molecule has 0 aliphatic rings. The summed E-state index contributed by atoms with van der Waals surface area (Å²) < 4.78 is 2.12. The molecule has 1 aromatic carbocycles. The number of rotatable bonds is 4. The molecule has 0 bridgehead atoms. The fourth-order valence-electron chi connectivity index (χ4n) is 2.31. The summed E-state index contributed by atoms with van der Waals surface area (Å²) in [7, 11) is 0. The third kappa shape index (κ3) is 2.26. The molecule has 4 heteroatoms. The molecule has 0 radical (unpaired) electrons. The van der Waals surface area contributed by atoms with Crippen molar-refractivity contribution in [2.75, 3.05) is 12.3 Å². The fraction of sp³-hybridized carbons (Fsp3) is 0.188. The van der Waals surface area contributed by atoms with Gasteiger partial charge in [-0.3, -0.25) is 4.40 Å². The van der Waals surface area contributed by atoms with Gasteiger partial charge in [0, 0.05) is 24.0 Å². The molecule has 3 N–H and O–H groups in total. The number of benzene rings is 1. The highest BCUT2D eigenvalue weighted by Crippen LogP contribution is 2.23. The molecule has 3 aromatic rings. The largest absolute Gasteiger partial charge is 0.399 e. The first-order chi connectivity index (χ1) is 9.79. The van der Waals surface area contributed by atoms with Gasteiger partial charge in [0.1, 0.15) is 5.82 Å². The van der Waals surface area contributed by atoms with Crippen molar-refractivity contribution in [2.45, 2.75) is 13.5 Å². The van der Waals surface area contributed by atoms with Crippen LogP contribution >= 0.6 is 0 Å². The highest BCUT2D eigenvalue weighted by Gasteiger charge is 2.11. The van der Waals surface area contributed by atoms with E-state index in [1.54, 1.807) is 0 Å². The predicted octanol–water partition coefficient (Wildman–Crippen LogP) is 2.69. The summed E-state index contributed by atoms with van der Waals surface area (Å²) in [5, 5.41) is 3.33. The Kier molecular flexibility index (Phi) is 3.39. The summed E-state index contributed by atoms with van der Waals surface area (Å²) in [4.78, 5) is 4.79. The molecule has 102 valence electrons. The standard InChI is InChI=1S/C16H18N4/c1-2-18-11-14-15-5-3-4-10-20(15)16(19-14)12-6-8-13(17)9-7-12/h3-10,18H,2,11,17H2,1H3. The average Bonchev–Trinajstić information content (AvgIpc) is 2.85. The highest BCUT2D eigenvalue weighted by molar-refractivity contribution is 5.66. The van der Waals surface area contributed by atoms with Crippen LogP contribution in [-0.2, 0) is 6.54 Å². The first-order valence-corrected chi connectivity index (χ1v) is 6.82. The number of anilines is 1. The first kappa shape index (κ1) is 12.7. The third-order valence-electron chi connectivity index (χ3n) is 3.34. The molecule has 0 saturated carbocycles. The molecule has 0 saturated heterocycles. The second kappa shape index (κ2) is 5.35. The molecular weight excluding hydrogens is 248 g/mol. The molecule has 0 unspecified atom stereocenters. The molecule has 2 aromatic heterocycles. The Bertz CT molecular complexity index is 713. The van der Waals surface area contributed by atoms with Crippen LogP contribution in [0, 0.1) is 0 Å². The van der Waals surface area contributed by atoms with E-state index in [4.69, 9.17) is 10.7 Å². The van der Waals surface area contributed by atoms with Crippen molar-refractivity contribution in [2.24, 2.45) is 0 Å². The van der Waals surface area contributed by atoms with Gasteiger partial charge in [0.05, 0.1) is 11.2 Å². The van der Waals surface area contributed by atoms with Crippen LogP contribution in [0.5, 0.6) is 0 Å². The number of imidazole rings is 1. The van der Waals surface area contributed by atoms with E-state index in [0.29, 0.717) is 0 Å². The molecule has 4 nitrogen and oxygen atoms in total. The van der Waals surface area contributed by atoms with Gasteiger partial charge in [0.15, 0.2) is 0 Å². The van der Waals surface area contributed by atoms with Gasteiger partial charge in [0.25, 0.3) is 0 Å². The van der Waals surface area contributed by atoms with Crippen LogP contribution in [0.4, 0.5) is 5.69 Å². The Labute approximate surface area is 118 Å². The van der Waals surface area contributed by atoms with Crippen LogP contribution in [0.2, 0.25) is 0 Å². The zero-order valence-electron chi connectivity index (χ0n) is 11.5. The smallest absolute Gasteiger partial charge is 0.144 e. The van der Waals surface area contributed by atoms with E-state index >= 15 is 0 Å². The number of nitrogen functional groups attached to an aromatic ring is 1. The topological polar surface area (TPSA) is 55.3 Å². The van der Waals surface area contributed by atoms with Crippen LogP contribution in [-0.4, -0.2) is 15.9 Å². The minimum Gasteiger partial charge on any atom is -0.399 e. The molecule has 0 aliphatic carbocycles. The highest BCUT2D eigenvalue weighted by atomic mass is 15.0. The molecule has 0 aliphatic heterocycles. The van der Waals surface area contributed by atoms with E-state index in [0.717, 1.165) is 41.4 Å². The maximum Gasteiger partial charge on any atom is 0.144 e. The SMILES string of the molecule is CCNCc1nc(-c2ccc(N)cc2)n2ccccc12. The summed E-state index contributed by atoms with van der Waals surface area (Å²) in [6, 6.07) is 14.0. The fourth-order valence-corrected chi connectivity index (χ4v) is 2.31. The quantitative estimate of drug-likeness (QED) is 0.714. The molecule has 2 heterocycles. The molecule has 0 spiro atoms. The summed E-state index contributed by atoms with van der Waals surface area (Å²) >= 11 is 0. The van der Waals surface area contributed by atoms with Gasteiger partial charge in [-0.1, -0.05) is 13.0 Å². The molecular formula is C16H18N4. The monoisotopic (exact) mass is 266 g/mol. The minimum atomic E-state index is 0.766. The second-order valence-electron chi connectivity index (χ2n) is 4.74. The van der Waals surface area contributed by atoms with Gasteiger partial charge in [-0.25, -0.2) is 4.98 Å². The summed E-state index contributed by atoms with van der Waals surface area (Å²) in [6.07, 6.45) is 2.05. The number of fused-ring (bicyclic) bond motifs is 1. The van der Waals surface area contributed by atoms with Crippen molar-refractivity contribution < 1.29 is 0 Å². The predicted molar refractivity (Wildman–Crippen MR) is 82.4 cm³/mol. The Hall–Kier alpha value is -2.33. The number of hydrogen-bond donors (Lipinski definition) is 2. The van der Waals surface area contributed by atoms with E-state index < -0.39 is 0 Å². The number of nitrogens with two attached hydrogens (primary N) is 1. The van der Waals surface area contributed by atoms with Gasteiger partial charge in [-0.05, 0) is 42.9 Å². The van der Waals surface area contributed by atoms with Crippen molar-refractivity contribution in [3.63, 3.8) is 0 Å². The molecule has 0 fully saturated rings. The number of nitrogens with zero attached hydrogens (tertiary/aromatic N) is 2. The van der Waals surface area contributed by atoms with Crippen molar-refractivity contribution in [3.8, 4) is 11.4 Å². The summed E-state index contributed by atoms with van der Waals surface area (Å²) in [5.41, 5.74) is 9.80. The molecule has 20 heavy (non-hydrogen) atoms. The average molecular weight is 266 g/mol. The maximum absolute atomic E-state index is 5.75. The van der Waals surface area contributed by atoms with E-state index in [-0.39, 0.29) is 0 Å². The number of hydrogen-bond acceptors (Lipinski definition) is 3. The normalized spacial score (nSPS) is 11.1. The van der Waals surface area contributed by atoms with Gasteiger partial charge in [0.2, 0.25) is 0 Å². The van der Waals surface area contributed by atoms with Crippen LogP contribution in [0.15, 0.2) is 48.7 Å². The molecule has 0 atom stereocenters. The van der Waals surface area contributed by atoms with Crippen molar-refractivity contribution in [3.05, 3.63) is 54.4 Å².